The number of aromatic nitrogens is 2. The summed E-state index contributed by atoms with van der Waals surface area (Å²) in [5.74, 6) is -3.55. The Morgan fingerprint density at radius 3 is 2.58 bits per heavy atom. The van der Waals surface area contributed by atoms with Gasteiger partial charge in [0, 0.05) is 28.2 Å². The summed E-state index contributed by atoms with van der Waals surface area (Å²) in [5.41, 5.74) is 1.33. The van der Waals surface area contributed by atoms with Gasteiger partial charge in [-0.3, -0.25) is 4.68 Å². The number of carbonyl (C=O) groups is 1. The molecule has 0 aliphatic carbocycles. The lowest BCUT2D eigenvalue weighted by Crippen LogP contribution is -2.67. The average Bonchev–Trinajstić information content (AvgIpc) is 3.11. The number of aliphatic hydroxyl groups excluding tert-OH is 3. The summed E-state index contributed by atoms with van der Waals surface area (Å²) in [5, 5.41) is 46.6. The Labute approximate surface area is 215 Å². The lowest BCUT2D eigenvalue weighted by Gasteiger charge is -2.44. The molecule has 4 N–H and O–H groups in total. The maximum atomic E-state index is 14.6. The minimum Gasteiger partial charge on any atom is -0.435 e. The highest BCUT2D eigenvalue weighted by Crippen LogP contribution is 2.35. The van der Waals surface area contributed by atoms with E-state index in [-0.39, 0.29) is 24.9 Å². The summed E-state index contributed by atoms with van der Waals surface area (Å²) in [6, 6.07) is 4.43. The lowest BCUT2D eigenvalue weighted by atomic mass is 9.97. The molecule has 0 bridgehead atoms. The zero-order valence-corrected chi connectivity index (χ0v) is 21.8. The molecule has 200 valence electrons. The molecule has 0 radical (unpaired) electrons. The zero-order chi connectivity index (χ0) is 26.8. The molecule has 0 saturated carbocycles. The molecule has 2 aromatic rings. The maximum absolute atomic E-state index is 14.6. The largest absolute Gasteiger partial charge is 0.508 e. The summed E-state index contributed by atoms with van der Waals surface area (Å²) in [4.78, 5) is 11.5. The van der Waals surface area contributed by atoms with Crippen LogP contribution in [0.15, 0.2) is 22.7 Å². The van der Waals surface area contributed by atoms with Crippen LogP contribution in [-0.4, -0.2) is 80.0 Å². The van der Waals surface area contributed by atoms with E-state index in [1.165, 1.54) is 6.07 Å². The Morgan fingerprint density at radius 2 is 1.97 bits per heavy atom. The molecule has 11 nitrogen and oxygen atoms in total. The third-order valence-corrected chi connectivity index (χ3v) is 6.22. The number of benzene rings is 1. The molecular formula is C23H30BrFN2O9. The van der Waals surface area contributed by atoms with Crippen molar-refractivity contribution < 1.29 is 48.6 Å². The molecule has 5 atom stereocenters. The topological polar surface area (TPSA) is 153 Å². The molecule has 13 heteroatoms. The Bertz CT molecular complexity index is 1080. The van der Waals surface area contributed by atoms with Gasteiger partial charge >= 0.3 is 12.1 Å². The van der Waals surface area contributed by atoms with Crippen LogP contribution in [-0.2, 0) is 20.6 Å². The summed E-state index contributed by atoms with van der Waals surface area (Å²) in [6.07, 6.45) is -8.31. The van der Waals surface area contributed by atoms with Crippen molar-refractivity contribution in [1.29, 1.82) is 0 Å². The van der Waals surface area contributed by atoms with Gasteiger partial charge in [0.25, 0.3) is 0 Å². The van der Waals surface area contributed by atoms with Crippen molar-refractivity contribution in [1.82, 2.24) is 9.78 Å². The van der Waals surface area contributed by atoms with Crippen molar-refractivity contribution in [3.05, 3.63) is 45.3 Å². The van der Waals surface area contributed by atoms with Gasteiger partial charge in [-0.05, 0) is 45.4 Å². The van der Waals surface area contributed by atoms with Crippen molar-refractivity contribution in [2.75, 3.05) is 13.2 Å². The molecule has 1 fully saturated rings. The molecule has 1 aliphatic rings. The van der Waals surface area contributed by atoms with Crippen molar-refractivity contribution in [3.8, 4) is 5.88 Å². The predicted octanol–water partition coefficient (Wildman–Crippen LogP) is 1.94. The van der Waals surface area contributed by atoms with Gasteiger partial charge in [-0.15, -0.1) is 5.10 Å². The summed E-state index contributed by atoms with van der Waals surface area (Å²) < 4.78 is 37.2. The van der Waals surface area contributed by atoms with E-state index in [0.717, 1.165) is 0 Å². The second-order valence-corrected chi connectivity index (χ2v) is 9.54. The third kappa shape index (κ3) is 5.98. The van der Waals surface area contributed by atoms with Gasteiger partial charge in [-0.2, -0.15) is 0 Å². The molecule has 1 aromatic heterocycles. The van der Waals surface area contributed by atoms with Crippen LogP contribution in [0.1, 0.15) is 43.6 Å². The molecule has 0 amide bonds. The van der Waals surface area contributed by atoms with Gasteiger partial charge in [-0.25, -0.2) is 9.18 Å². The van der Waals surface area contributed by atoms with E-state index in [4.69, 9.17) is 14.2 Å². The number of hydrogen-bond acceptors (Lipinski definition) is 10. The highest BCUT2D eigenvalue weighted by atomic mass is 79.9. The van der Waals surface area contributed by atoms with Crippen LogP contribution in [0.4, 0.5) is 9.18 Å². The van der Waals surface area contributed by atoms with Gasteiger partial charge in [-0.1, -0.05) is 22.0 Å². The second kappa shape index (κ2) is 11.4. The Hall–Kier alpha value is -2.29. The quantitative estimate of drug-likeness (QED) is 0.271. The van der Waals surface area contributed by atoms with Gasteiger partial charge in [0.2, 0.25) is 5.88 Å². The Morgan fingerprint density at radius 1 is 1.28 bits per heavy atom. The SMILES string of the molecule is CCOC(=O)OC[C@H]1O[C@](O)(Oc2nn(C(C)C)c(C)c2Cc2ccc(Br)cc2F)[C@H](O)[C@@H](O)[C@@H]1O. The van der Waals surface area contributed by atoms with Crippen LogP contribution in [0.2, 0.25) is 0 Å². The summed E-state index contributed by atoms with van der Waals surface area (Å²) >= 11 is 3.22. The second-order valence-electron chi connectivity index (χ2n) is 8.63. The van der Waals surface area contributed by atoms with Crippen molar-refractivity contribution in [3.63, 3.8) is 0 Å². The zero-order valence-electron chi connectivity index (χ0n) is 20.2. The first-order chi connectivity index (χ1) is 16.9. The molecule has 1 saturated heterocycles. The van der Waals surface area contributed by atoms with Crippen LogP contribution in [0.3, 0.4) is 0 Å². The van der Waals surface area contributed by atoms with E-state index < -0.39 is 49.0 Å². The van der Waals surface area contributed by atoms with Gasteiger partial charge < -0.3 is 39.4 Å². The number of hydrogen-bond donors (Lipinski definition) is 4. The first-order valence-corrected chi connectivity index (χ1v) is 12.1. The minimum absolute atomic E-state index is 0.0275. The highest BCUT2D eigenvalue weighted by Gasteiger charge is 2.56. The van der Waals surface area contributed by atoms with Gasteiger partial charge in [0.1, 0.15) is 30.7 Å². The molecule has 0 spiro atoms. The number of rotatable bonds is 8. The van der Waals surface area contributed by atoms with Crippen LogP contribution in [0.5, 0.6) is 5.88 Å². The van der Waals surface area contributed by atoms with Crippen LogP contribution in [0.25, 0.3) is 0 Å². The van der Waals surface area contributed by atoms with E-state index in [9.17, 15) is 29.6 Å². The summed E-state index contributed by atoms with van der Waals surface area (Å²) in [6.45, 7) is 6.44. The Kier molecular flexibility index (Phi) is 8.96. The number of ether oxygens (including phenoxy) is 4. The molecule has 36 heavy (non-hydrogen) atoms. The lowest BCUT2D eigenvalue weighted by molar-refractivity contribution is -0.423. The summed E-state index contributed by atoms with van der Waals surface area (Å²) in [7, 11) is 0. The Balaban J connectivity index is 1.93. The molecule has 0 unspecified atom stereocenters. The number of carbonyl (C=O) groups excluding carboxylic acids is 1. The van der Waals surface area contributed by atoms with E-state index in [0.29, 0.717) is 21.3 Å². The van der Waals surface area contributed by atoms with Crippen LogP contribution < -0.4 is 4.74 Å². The van der Waals surface area contributed by atoms with E-state index in [2.05, 4.69) is 25.8 Å². The first-order valence-electron chi connectivity index (χ1n) is 11.3. The van der Waals surface area contributed by atoms with Crippen LogP contribution in [0, 0.1) is 12.7 Å². The van der Waals surface area contributed by atoms with E-state index >= 15 is 0 Å². The van der Waals surface area contributed by atoms with Crippen molar-refractivity contribution in [2.24, 2.45) is 0 Å². The van der Waals surface area contributed by atoms with Gasteiger partial charge in [0.15, 0.2) is 6.10 Å². The fourth-order valence-corrected chi connectivity index (χ4v) is 4.15. The first kappa shape index (κ1) is 28.3. The van der Waals surface area contributed by atoms with Crippen LogP contribution >= 0.6 is 15.9 Å². The smallest absolute Gasteiger partial charge is 0.435 e. The molecule has 1 aliphatic heterocycles. The normalized spacial score (nSPS) is 26.2. The molecule has 2 heterocycles. The number of halogens is 2. The molecule has 3 rings (SSSR count). The maximum Gasteiger partial charge on any atom is 0.508 e. The molecule has 1 aromatic carbocycles. The fraction of sp³-hybridized carbons (Fsp3) is 0.565. The van der Waals surface area contributed by atoms with E-state index in [1.807, 2.05) is 13.8 Å². The van der Waals surface area contributed by atoms with Crippen molar-refractivity contribution >= 4 is 22.1 Å². The van der Waals surface area contributed by atoms with Gasteiger partial charge in [0.05, 0.1) is 6.61 Å². The molecular weight excluding hydrogens is 547 g/mol. The standard InChI is InChI=1S/C23H30BrFN2O9/c1-5-33-22(31)34-10-17-18(28)19(29)20(30)23(32,35-17)36-21-15(12(4)27(26-21)11(2)3)8-13-6-7-14(24)9-16(13)25/h6-7,9,11,17-20,28-30,32H,5,8,10H2,1-4H3/t17-,18-,19+,20-,23+/m1/s1. The fourth-order valence-electron chi connectivity index (χ4n) is 3.81. The van der Waals surface area contributed by atoms with Crippen molar-refractivity contribution in [2.45, 2.75) is 70.5 Å². The van der Waals surface area contributed by atoms with E-state index in [1.54, 1.807) is 30.7 Å². The number of aliphatic hydroxyl groups is 4. The highest BCUT2D eigenvalue weighted by molar-refractivity contribution is 9.10. The number of nitrogens with zero attached hydrogens (tertiary/aromatic N) is 2. The third-order valence-electron chi connectivity index (χ3n) is 5.73. The predicted molar refractivity (Wildman–Crippen MR) is 126 cm³/mol. The average molecular weight is 577 g/mol. The minimum atomic E-state index is -2.89. The monoisotopic (exact) mass is 576 g/mol.